The molecule has 1 amide bonds. The molecule has 0 saturated carbocycles. The molecule has 18 heavy (non-hydrogen) atoms. The average Bonchev–Trinajstić information content (AvgIpc) is 2.24. The third-order valence-electron chi connectivity index (χ3n) is 2.21. The fraction of sp³-hybridized carbons (Fsp3) is 0.417. The lowest BCUT2D eigenvalue weighted by Gasteiger charge is -2.11. The largest absolute Gasteiger partial charge is 0.416 e. The van der Waals surface area contributed by atoms with Crippen molar-refractivity contribution in [3.8, 4) is 0 Å². The minimum absolute atomic E-state index is 0.00394. The predicted octanol–water partition coefficient (Wildman–Crippen LogP) is 3.74. The summed E-state index contributed by atoms with van der Waals surface area (Å²) in [6.45, 7) is 4.15. The first-order chi connectivity index (χ1) is 8.21. The molecule has 0 aromatic heterocycles. The van der Waals surface area contributed by atoms with Crippen molar-refractivity contribution in [1.82, 2.24) is 5.32 Å². The predicted molar refractivity (Wildman–Crippen MR) is 63.6 cm³/mol. The van der Waals surface area contributed by atoms with Crippen LogP contribution in [0.3, 0.4) is 0 Å². The lowest BCUT2D eigenvalue weighted by Crippen LogP contribution is -2.27. The first-order valence-electron chi connectivity index (χ1n) is 5.36. The van der Waals surface area contributed by atoms with Gasteiger partial charge in [-0.05, 0) is 24.1 Å². The molecular formula is C12H13ClF3NO. The Morgan fingerprint density at radius 3 is 2.50 bits per heavy atom. The molecule has 0 spiro atoms. The minimum atomic E-state index is -4.49. The molecule has 1 N–H and O–H groups in total. The topological polar surface area (TPSA) is 29.1 Å². The van der Waals surface area contributed by atoms with Gasteiger partial charge in [-0.1, -0.05) is 25.4 Å². The minimum Gasteiger partial charge on any atom is -0.352 e. The fourth-order valence-corrected chi connectivity index (χ4v) is 1.47. The standard InChI is InChI=1S/C12H13ClF3NO/c1-7(2)6-17-11(18)9-5-8(12(14,15)16)3-4-10(9)13/h3-5,7H,6H2,1-2H3,(H,17,18). The van der Waals surface area contributed by atoms with Gasteiger partial charge in [0.05, 0.1) is 16.1 Å². The van der Waals surface area contributed by atoms with E-state index in [2.05, 4.69) is 5.32 Å². The lowest BCUT2D eigenvalue weighted by molar-refractivity contribution is -0.137. The highest BCUT2D eigenvalue weighted by Gasteiger charge is 2.31. The molecule has 0 saturated heterocycles. The van der Waals surface area contributed by atoms with Crippen LogP contribution in [-0.4, -0.2) is 12.5 Å². The Morgan fingerprint density at radius 1 is 1.39 bits per heavy atom. The van der Waals surface area contributed by atoms with Crippen LogP contribution in [0.2, 0.25) is 5.02 Å². The number of hydrogen-bond donors (Lipinski definition) is 1. The summed E-state index contributed by atoms with van der Waals surface area (Å²) >= 11 is 5.73. The maximum atomic E-state index is 12.5. The molecule has 0 fully saturated rings. The van der Waals surface area contributed by atoms with E-state index < -0.39 is 17.6 Å². The normalized spacial score (nSPS) is 11.7. The van der Waals surface area contributed by atoms with Crippen molar-refractivity contribution in [2.45, 2.75) is 20.0 Å². The van der Waals surface area contributed by atoms with Crippen LogP contribution in [0.15, 0.2) is 18.2 Å². The summed E-state index contributed by atoms with van der Waals surface area (Å²) < 4.78 is 37.5. The Hall–Kier alpha value is -1.23. The van der Waals surface area contributed by atoms with Gasteiger partial charge < -0.3 is 5.32 Å². The summed E-state index contributed by atoms with van der Waals surface area (Å²) in [6, 6.07) is 2.69. The number of carbonyl (C=O) groups is 1. The smallest absolute Gasteiger partial charge is 0.352 e. The van der Waals surface area contributed by atoms with Crippen molar-refractivity contribution in [2.24, 2.45) is 5.92 Å². The Morgan fingerprint density at radius 2 is 2.00 bits per heavy atom. The molecule has 1 rings (SSSR count). The third-order valence-corrected chi connectivity index (χ3v) is 2.54. The highest BCUT2D eigenvalue weighted by molar-refractivity contribution is 6.33. The second-order valence-corrected chi connectivity index (χ2v) is 4.70. The second-order valence-electron chi connectivity index (χ2n) is 4.30. The van der Waals surface area contributed by atoms with Crippen molar-refractivity contribution >= 4 is 17.5 Å². The fourth-order valence-electron chi connectivity index (χ4n) is 1.27. The van der Waals surface area contributed by atoms with Gasteiger partial charge in [0.25, 0.3) is 5.91 Å². The van der Waals surface area contributed by atoms with Crippen LogP contribution < -0.4 is 5.32 Å². The maximum absolute atomic E-state index is 12.5. The molecule has 0 radical (unpaired) electrons. The van der Waals surface area contributed by atoms with E-state index in [9.17, 15) is 18.0 Å². The molecule has 100 valence electrons. The molecule has 0 bridgehead atoms. The van der Waals surface area contributed by atoms with Crippen LogP contribution >= 0.6 is 11.6 Å². The molecule has 0 aliphatic heterocycles. The molecule has 6 heteroatoms. The average molecular weight is 280 g/mol. The summed E-state index contributed by atoms with van der Waals surface area (Å²) in [7, 11) is 0. The van der Waals surface area contributed by atoms with Crippen molar-refractivity contribution in [2.75, 3.05) is 6.54 Å². The Kier molecular flexibility index (Phi) is 4.62. The highest BCUT2D eigenvalue weighted by atomic mass is 35.5. The molecule has 1 aromatic carbocycles. The summed E-state index contributed by atoms with van der Waals surface area (Å²) in [5.74, 6) is -0.390. The quantitative estimate of drug-likeness (QED) is 0.897. The molecule has 0 unspecified atom stereocenters. The van der Waals surface area contributed by atoms with Crippen LogP contribution in [0.25, 0.3) is 0 Å². The molecule has 0 aliphatic rings. The first-order valence-corrected chi connectivity index (χ1v) is 5.74. The van der Waals surface area contributed by atoms with Crippen LogP contribution in [0.1, 0.15) is 29.8 Å². The highest BCUT2D eigenvalue weighted by Crippen LogP contribution is 2.31. The summed E-state index contributed by atoms with van der Waals surface area (Å²) in [5.41, 5.74) is -1.05. The molecule has 1 aromatic rings. The van der Waals surface area contributed by atoms with Crippen LogP contribution in [0.4, 0.5) is 13.2 Å². The van der Waals surface area contributed by atoms with Gasteiger partial charge in [0, 0.05) is 6.54 Å². The van der Waals surface area contributed by atoms with E-state index in [1.807, 2.05) is 13.8 Å². The van der Waals surface area contributed by atoms with Crippen molar-refractivity contribution in [3.63, 3.8) is 0 Å². The van der Waals surface area contributed by atoms with Crippen molar-refractivity contribution < 1.29 is 18.0 Å². The molecule has 0 atom stereocenters. The Balaban J connectivity index is 2.97. The number of amides is 1. The zero-order valence-corrected chi connectivity index (χ0v) is 10.7. The van der Waals surface area contributed by atoms with Gasteiger partial charge in [0.2, 0.25) is 0 Å². The van der Waals surface area contributed by atoms with E-state index in [-0.39, 0.29) is 16.5 Å². The van der Waals surface area contributed by atoms with Gasteiger partial charge >= 0.3 is 6.18 Å². The third kappa shape index (κ3) is 3.91. The Labute approximate surface area is 108 Å². The van der Waals surface area contributed by atoms with Crippen LogP contribution in [0.5, 0.6) is 0 Å². The van der Waals surface area contributed by atoms with E-state index in [0.29, 0.717) is 6.54 Å². The lowest BCUT2D eigenvalue weighted by atomic mass is 10.1. The van der Waals surface area contributed by atoms with Crippen LogP contribution in [0, 0.1) is 5.92 Å². The van der Waals surface area contributed by atoms with E-state index in [4.69, 9.17) is 11.6 Å². The second kappa shape index (κ2) is 5.61. The number of alkyl halides is 3. The molecule has 0 aliphatic carbocycles. The number of halogens is 4. The van der Waals surface area contributed by atoms with Crippen molar-refractivity contribution in [1.29, 1.82) is 0 Å². The van der Waals surface area contributed by atoms with E-state index in [0.717, 1.165) is 18.2 Å². The molecule has 0 heterocycles. The summed E-state index contributed by atoms with van der Waals surface area (Å²) in [6.07, 6.45) is -4.49. The van der Waals surface area contributed by atoms with Gasteiger partial charge in [0.1, 0.15) is 0 Å². The van der Waals surface area contributed by atoms with Gasteiger partial charge in [-0.3, -0.25) is 4.79 Å². The van der Waals surface area contributed by atoms with Crippen molar-refractivity contribution in [3.05, 3.63) is 34.3 Å². The van der Waals surface area contributed by atoms with E-state index in [1.165, 1.54) is 0 Å². The van der Waals surface area contributed by atoms with Gasteiger partial charge in [0.15, 0.2) is 0 Å². The summed E-state index contributed by atoms with van der Waals surface area (Å²) in [4.78, 5) is 11.7. The number of rotatable bonds is 3. The van der Waals surface area contributed by atoms with E-state index in [1.54, 1.807) is 0 Å². The van der Waals surface area contributed by atoms with E-state index >= 15 is 0 Å². The number of nitrogens with one attached hydrogen (secondary N) is 1. The monoisotopic (exact) mass is 279 g/mol. The van der Waals surface area contributed by atoms with Gasteiger partial charge in [-0.15, -0.1) is 0 Å². The number of hydrogen-bond acceptors (Lipinski definition) is 1. The first kappa shape index (κ1) is 14.8. The zero-order valence-electron chi connectivity index (χ0n) is 9.94. The molecular weight excluding hydrogens is 267 g/mol. The Bertz CT molecular complexity index is 443. The van der Waals surface area contributed by atoms with Gasteiger partial charge in [-0.25, -0.2) is 0 Å². The van der Waals surface area contributed by atoms with Crippen LogP contribution in [-0.2, 0) is 6.18 Å². The SMILES string of the molecule is CC(C)CNC(=O)c1cc(C(F)(F)F)ccc1Cl. The number of benzene rings is 1. The van der Waals surface area contributed by atoms with Gasteiger partial charge in [-0.2, -0.15) is 13.2 Å². The number of carbonyl (C=O) groups excluding carboxylic acids is 1. The maximum Gasteiger partial charge on any atom is 0.416 e. The molecule has 2 nitrogen and oxygen atoms in total. The summed E-state index contributed by atoms with van der Waals surface area (Å²) in [5, 5.41) is 2.53. The zero-order chi connectivity index (χ0) is 13.9.